The molecule has 48 heavy (non-hydrogen) atoms. The maximum absolute atomic E-state index is 13.1. The number of hydrogen-bond acceptors (Lipinski definition) is 10. The van der Waals surface area contributed by atoms with E-state index in [1.165, 1.54) is 0 Å². The van der Waals surface area contributed by atoms with Crippen molar-refractivity contribution >= 4 is 23.8 Å². The Labute approximate surface area is 278 Å². The highest BCUT2D eigenvalue weighted by Gasteiger charge is 2.70. The molecular formula is C36H43N3O9. The minimum absolute atomic E-state index is 0.000131. The molecule has 4 aliphatic rings. The average molecular weight is 662 g/mol. The van der Waals surface area contributed by atoms with Gasteiger partial charge in [-0.25, -0.2) is 9.59 Å². The number of nitrogens with zero attached hydrogens (tertiary/aromatic N) is 1. The fourth-order valence-corrected chi connectivity index (χ4v) is 8.59. The molecule has 12 nitrogen and oxygen atoms in total. The third-order valence-electron chi connectivity index (χ3n) is 10.9. The maximum Gasteiger partial charge on any atom is 0.397 e. The van der Waals surface area contributed by atoms with Gasteiger partial charge in [0, 0.05) is 48.4 Å². The fraction of sp³-hybridized carbons (Fsp3) is 0.528. The molecule has 256 valence electrons. The van der Waals surface area contributed by atoms with Gasteiger partial charge in [-0.15, -0.1) is 0 Å². The van der Waals surface area contributed by atoms with Crippen LogP contribution in [0.15, 0.2) is 66.5 Å². The summed E-state index contributed by atoms with van der Waals surface area (Å²) < 4.78 is 17.2. The molecule has 3 heterocycles. The molecule has 1 amide bonds. The summed E-state index contributed by atoms with van der Waals surface area (Å²) in [5.74, 6) is -5.41. The van der Waals surface area contributed by atoms with Gasteiger partial charge in [0.05, 0.1) is 23.9 Å². The van der Waals surface area contributed by atoms with Crippen molar-refractivity contribution in [2.75, 3.05) is 0 Å². The van der Waals surface area contributed by atoms with Gasteiger partial charge in [0.25, 0.3) is 0 Å². The van der Waals surface area contributed by atoms with Crippen LogP contribution in [0, 0.1) is 41.4 Å². The molecule has 2 fully saturated rings. The molecule has 3 aliphatic carbocycles. The number of aromatic nitrogens is 2. The van der Waals surface area contributed by atoms with Crippen LogP contribution in [-0.2, 0) is 35.1 Å². The summed E-state index contributed by atoms with van der Waals surface area (Å²) in [4.78, 5) is 58.2. The van der Waals surface area contributed by atoms with E-state index in [0.717, 1.165) is 0 Å². The zero-order chi connectivity index (χ0) is 34.3. The van der Waals surface area contributed by atoms with Crippen molar-refractivity contribution < 1.29 is 43.6 Å². The molecule has 0 saturated heterocycles. The van der Waals surface area contributed by atoms with Crippen LogP contribution < -0.4 is 5.32 Å². The molecule has 2 saturated carbocycles. The number of aliphatic hydroxyl groups excluding tert-OH is 1. The van der Waals surface area contributed by atoms with Crippen LogP contribution in [0.4, 0.5) is 0 Å². The standard InChI is InChI=1S/C36H43N3O9/c1-18-16-19(2)36(45)22(10-12-24-27-28(29(24)36)30(41)20(3)32(27)48-34(43)25-9-7-15-38-25)11-13-26(40)47-31(18)21(4)46-35(44)33(42)39-17-23-8-5-6-14-37-23/h5-10,12,14-16,18,20-22,24,27-32,38,41,45H,11,13,17H2,1-4H3,(H,39,42)/b19-16+/t18-,20-,21-,22-,24?,27+,28?,29?,30-,31+,32-,36+/m1/s1. The van der Waals surface area contributed by atoms with E-state index in [4.69, 9.17) is 14.2 Å². The number of aliphatic hydroxyl groups is 2. The lowest BCUT2D eigenvalue weighted by Crippen LogP contribution is -2.64. The summed E-state index contributed by atoms with van der Waals surface area (Å²) in [6.07, 6.45) is 6.08. The predicted molar refractivity (Wildman–Crippen MR) is 170 cm³/mol. The van der Waals surface area contributed by atoms with Crippen LogP contribution in [0.25, 0.3) is 0 Å². The monoisotopic (exact) mass is 661 g/mol. The zero-order valence-corrected chi connectivity index (χ0v) is 27.4. The number of fused-ring (bicyclic) bond motifs is 6. The van der Waals surface area contributed by atoms with Gasteiger partial charge in [0.1, 0.15) is 24.0 Å². The fourth-order valence-electron chi connectivity index (χ4n) is 8.59. The quantitative estimate of drug-likeness (QED) is 0.156. The van der Waals surface area contributed by atoms with E-state index in [1.807, 2.05) is 32.1 Å². The molecule has 0 spiro atoms. The smallest absolute Gasteiger partial charge is 0.397 e. The molecule has 0 bridgehead atoms. The van der Waals surface area contributed by atoms with Crippen molar-refractivity contribution in [1.82, 2.24) is 15.3 Å². The van der Waals surface area contributed by atoms with E-state index < -0.39 is 65.7 Å². The molecular weight excluding hydrogens is 618 g/mol. The largest absolute Gasteiger partial charge is 0.458 e. The van der Waals surface area contributed by atoms with Crippen molar-refractivity contribution in [2.24, 2.45) is 41.4 Å². The van der Waals surface area contributed by atoms with Gasteiger partial charge in [0.15, 0.2) is 0 Å². The van der Waals surface area contributed by atoms with Crippen molar-refractivity contribution in [3.05, 3.63) is 77.9 Å². The van der Waals surface area contributed by atoms with Gasteiger partial charge < -0.3 is 34.7 Å². The molecule has 3 unspecified atom stereocenters. The lowest BCUT2D eigenvalue weighted by molar-refractivity contribution is -0.180. The van der Waals surface area contributed by atoms with E-state index in [0.29, 0.717) is 23.4 Å². The Morgan fingerprint density at radius 1 is 1.17 bits per heavy atom. The van der Waals surface area contributed by atoms with E-state index >= 15 is 0 Å². The number of hydrogen-bond donors (Lipinski definition) is 4. The minimum Gasteiger partial charge on any atom is -0.458 e. The number of allylic oxidation sites excluding steroid dienone is 1. The lowest BCUT2D eigenvalue weighted by Gasteiger charge is -2.61. The summed E-state index contributed by atoms with van der Waals surface area (Å²) in [5.41, 5.74) is 0.157. The number of ether oxygens (including phenoxy) is 3. The Hall–Kier alpha value is -4.29. The van der Waals surface area contributed by atoms with Crippen molar-refractivity contribution in [3.8, 4) is 0 Å². The van der Waals surface area contributed by atoms with Gasteiger partial charge in [-0.05, 0) is 61.9 Å². The molecule has 6 rings (SSSR count). The second kappa shape index (κ2) is 13.3. The van der Waals surface area contributed by atoms with Crippen molar-refractivity contribution in [1.29, 1.82) is 0 Å². The van der Waals surface area contributed by atoms with Gasteiger partial charge in [-0.3, -0.25) is 14.6 Å². The van der Waals surface area contributed by atoms with E-state index in [9.17, 15) is 29.4 Å². The number of carbonyl (C=O) groups excluding carboxylic acids is 4. The first-order valence-corrected chi connectivity index (χ1v) is 16.6. The van der Waals surface area contributed by atoms with Crippen LogP contribution in [0.5, 0.6) is 0 Å². The Morgan fingerprint density at radius 3 is 2.67 bits per heavy atom. The van der Waals surface area contributed by atoms with Crippen molar-refractivity contribution in [2.45, 2.75) is 77.1 Å². The Bertz CT molecular complexity index is 1590. The number of H-pyrrole nitrogens is 1. The SMILES string of the molecule is C/C1=C\[C@@H](C)[C@@H]([C@@H](C)OC(=O)C(=O)NCc2ccccn2)OC(=O)CC[C@H]2C=CC3C(C4[C@H]3[C@H](OC(=O)c3ccc[nH]3)[C@H](C)[C@H]4O)[C@]12O. The van der Waals surface area contributed by atoms with Crippen LogP contribution in [0.2, 0.25) is 0 Å². The third-order valence-corrected chi connectivity index (χ3v) is 10.9. The molecule has 0 aromatic carbocycles. The number of aromatic amines is 1. The Balaban J connectivity index is 1.20. The summed E-state index contributed by atoms with van der Waals surface area (Å²) >= 11 is 0. The van der Waals surface area contributed by atoms with E-state index in [1.54, 1.807) is 56.6 Å². The highest BCUT2D eigenvalue weighted by atomic mass is 16.6. The van der Waals surface area contributed by atoms with Gasteiger partial charge in [-0.2, -0.15) is 0 Å². The first-order valence-electron chi connectivity index (χ1n) is 16.6. The number of pyridine rings is 1. The summed E-state index contributed by atoms with van der Waals surface area (Å²) in [6, 6.07) is 8.57. The Kier molecular flexibility index (Phi) is 9.32. The highest BCUT2D eigenvalue weighted by molar-refractivity contribution is 6.32. The van der Waals surface area contributed by atoms with Crippen LogP contribution >= 0.6 is 0 Å². The number of amides is 1. The number of esters is 3. The number of nitrogens with one attached hydrogen (secondary N) is 2. The molecule has 0 radical (unpaired) electrons. The number of cyclic esters (lactones) is 1. The zero-order valence-electron chi connectivity index (χ0n) is 27.4. The molecule has 4 N–H and O–H groups in total. The van der Waals surface area contributed by atoms with Crippen molar-refractivity contribution in [3.63, 3.8) is 0 Å². The molecule has 2 aromatic rings. The van der Waals surface area contributed by atoms with E-state index in [2.05, 4.69) is 15.3 Å². The first-order chi connectivity index (χ1) is 22.9. The number of rotatable bonds is 6. The van der Waals surface area contributed by atoms with Crippen LogP contribution in [0.3, 0.4) is 0 Å². The molecule has 12 heteroatoms. The van der Waals surface area contributed by atoms with Crippen LogP contribution in [-0.4, -0.2) is 74.0 Å². The first kappa shape index (κ1) is 33.6. The second-order valence-electron chi connectivity index (χ2n) is 13.7. The topological polar surface area (TPSA) is 177 Å². The summed E-state index contributed by atoms with van der Waals surface area (Å²) in [5, 5.41) is 26.7. The maximum atomic E-state index is 13.1. The molecule has 12 atom stereocenters. The normalized spacial score (nSPS) is 37.2. The van der Waals surface area contributed by atoms with Crippen LogP contribution in [0.1, 0.15) is 56.7 Å². The summed E-state index contributed by atoms with van der Waals surface area (Å²) in [6.45, 7) is 7.11. The average Bonchev–Trinajstić information content (AvgIpc) is 3.66. The predicted octanol–water partition coefficient (Wildman–Crippen LogP) is 2.88. The van der Waals surface area contributed by atoms with E-state index in [-0.39, 0.29) is 42.6 Å². The van der Waals surface area contributed by atoms with Gasteiger partial charge in [0.2, 0.25) is 0 Å². The van der Waals surface area contributed by atoms with Gasteiger partial charge >= 0.3 is 23.8 Å². The second-order valence-corrected chi connectivity index (χ2v) is 13.7. The highest BCUT2D eigenvalue weighted by Crippen LogP contribution is 2.66. The van der Waals surface area contributed by atoms with Gasteiger partial charge in [-0.1, -0.05) is 38.1 Å². The minimum atomic E-state index is -1.40. The molecule has 1 aliphatic heterocycles. The Morgan fingerprint density at radius 2 is 1.96 bits per heavy atom. The molecule has 2 aromatic heterocycles. The third kappa shape index (κ3) is 5.96. The number of carbonyl (C=O) groups is 4. The lowest BCUT2D eigenvalue weighted by atomic mass is 9.46. The summed E-state index contributed by atoms with van der Waals surface area (Å²) in [7, 11) is 0.